The highest BCUT2D eigenvalue weighted by molar-refractivity contribution is 6.20. The first kappa shape index (κ1) is 12.5. The van der Waals surface area contributed by atoms with Gasteiger partial charge >= 0.3 is 7.69 Å². The molecular formula is C12H11BClO2. The SMILES string of the molecule is Cl.[B](Oc1ccccc1)Oc1ccccc1. The van der Waals surface area contributed by atoms with Gasteiger partial charge in [-0.05, 0) is 24.3 Å². The fraction of sp³-hybridized carbons (Fsp3) is 0. The van der Waals surface area contributed by atoms with Crippen LogP contribution in [0.15, 0.2) is 60.7 Å². The molecule has 0 aliphatic rings. The summed E-state index contributed by atoms with van der Waals surface area (Å²) in [5.74, 6) is 1.52. The molecule has 0 atom stereocenters. The molecule has 2 rings (SSSR count). The van der Waals surface area contributed by atoms with Crippen molar-refractivity contribution in [2.45, 2.75) is 0 Å². The maximum atomic E-state index is 5.26. The Morgan fingerprint density at radius 2 is 1.00 bits per heavy atom. The molecular weight excluding hydrogens is 222 g/mol. The fourth-order valence-electron chi connectivity index (χ4n) is 1.13. The van der Waals surface area contributed by atoms with Crippen molar-refractivity contribution in [3.05, 3.63) is 60.7 Å². The molecule has 0 amide bonds. The first-order chi connectivity index (χ1) is 7.45. The van der Waals surface area contributed by atoms with Crippen LogP contribution >= 0.6 is 12.4 Å². The lowest BCUT2D eigenvalue weighted by atomic mass is 10.3. The van der Waals surface area contributed by atoms with E-state index in [1.165, 1.54) is 7.69 Å². The molecule has 0 aromatic heterocycles. The molecule has 2 nitrogen and oxygen atoms in total. The second kappa shape index (κ2) is 6.80. The normalized spacial score (nSPS) is 8.75. The predicted octanol–water partition coefficient (Wildman–Crippen LogP) is 3.10. The van der Waals surface area contributed by atoms with E-state index in [0.717, 1.165) is 11.5 Å². The molecule has 81 valence electrons. The second-order valence-electron chi connectivity index (χ2n) is 2.96. The largest absolute Gasteiger partial charge is 0.658 e. The summed E-state index contributed by atoms with van der Waals surface area (Å²) in [4.78, 5) is 0. The number of benzene rings is 2. The predicted molar refractivity (Wildman–Crippen MR) is 67.1 cm³/mol. The summed E-state index contributed by atoms with van der Waals surface area (Å²) >= 11 is 0. The average Bonchev–Trinajstić information content (AvgIpc) is 2.32. The summed E-state index contributed by atoms with van der Waals surface area (Å²) in [5.41, 5.74) is 0. The van der Waals surface area contributed by atoms with Gasteiger partial charge in [-0.1, -0.05) is 36.4 Å². The van der Waals surface area contributed by atoms with Crippen molar-refractivity contribution in [1.29, 1.82) is 0 Å². The van der Waals surface area contributed by atoms with Gasteiger partial charge in [0.05, 0.1) is 0 Å². The Morgan fingerprint density at radius 1 is 0.625 bits per heavy atom. The lowest BCUT2D eigenvalue weighted by Crippen LogP contribution is -2.10. The van der Waals surface area contributed by atoms with E-state index in [1.807, 2.05) is 60.7 Å². The Hall–Kier alpha value is -1.61. The van der Waals surface area contributed by atoms with Crippen LogP contribution in [0, 0.1) is 0 Å². The lowest BCUT2D eigenvalue weighted by Gasteiger charge is -2.05. The van der Waals surface area contributed by atoms with Crippen LogP contribution in [0.1, 0.15) is 0 Å². The van der Waals surface area contributed by atoms with Gasteiger partial charge in [0.25, 0.3) is 0 Å². The number of hydrogen-bond donors (Lipinski definition) is 0. The summed E-state index contributed by atoms with van der Waals surface area (Å²) in [6.45, 7) is 0. The van der Waals surface area contributed by atoms with E-state index in [4.69, 9.17) is 9.31 Å². The molecule has 0 aliphatic heterocycles. The zero-order valence-electron chi connectivity index (χ0n) is 8.58. The van der Waals surface area contributed by atoms with Gasteiger partial charge in [-0.15, -0.1) is 12.4 Å². The Bertz CT molecular complexity index is 355. The molecule has 0 saturated carbocycles. The minimum atomic E-state index is 0. The molecule has 0 spiro atoms. The Kier molecular flexibility index (Phi) is 5.30. The molecule has 0 N–H and O–H groups in total. The van der Waals surface area contributed by atoms with Crippen molar-refractivity contribution in [2.24, 2.45) is 0 Å². The van der Waals surface area contributed by atoms with Crippen molar-refractivity contribution in [2.75, 3.05) is 0 Å². The standard InChI is InChI=1S/C12H10BO2.ClH/c1-3-7-11(8-4-1)14-13-15-12-9-5-2-6-10-12;/h1-10H;1H. The van der Waals surface area contributed by atoms with Crippen molar-refractivity contribution >= 4 is 20.1 Å². The molecule has 2 aromatic rings. The molecule has 16 heavy (non-hydrogen) atoms. The smallest absolute Gasteiger partial charge is 0.526 e. The molecule has 0 saturated heterocycles. The molecule has 0 bridgehead atoms. The minimum absolute atomic E-state index is 0. The molecule has 0 heterocycles. The van der Waals surface area contributed by atoms with Crippen molar-refractivity contribution in [3.8, 4) is 11.5 Å². The van der Waals surface area contributed by atoms with Gasteiger partial charge in [-0.3, -0.25) is 0 Å². The van der Waals surface area contributed by atoms with Crippen molar-refractivity contribution < 1.29 is 9.31 Å². The fourth-order valence-corrected chi connectivity index (χ4v) is 1.13. The van der Waals surface area contributed by atoms with Crippen LogP contribution in [0.5, 0.6) is 11.5 Å². The summed E-state index contributed by atoms with van der Waals surface area (Å²) in [7, 11) is 1.32. The number of rotatable bonds is 4. The highest BCUT2D eigenvalue weighted by Gasteiger charge is 1.99. The minimum Gasteiger partial charge on any atom is -0.526 e. The third kappa shape index (κ3) is 3.87. The van der Waals surface area contributed by atoms with Crippen molar-refractivity contribution in [3.63, 3.8) is 0 Å². The Balaban J connectivity index is 0.00000128. The number of para-hydroxylation sites is 2. The van der Waals surface area contributed by atoms with E-state index in [0.29, 0.717) is 0 Å². The highest BCUT2D eigenvalue weighted by Crippen LogP contribution is 2.10. The molecule has 2 aromatic carbocycles. The molecule has 0 unspecified atom stereocenters. The van der Waals surface area contributed by atoms with Crippen LogP contribution in [0.25, 0.3) is 0 Å². The van der Waals surface area contributed by atoms with Gasteiger partial charge in [0, 0.05) is 0 Å². The zero-order valence-corrected chi connectivity index (χ0v) is 9.39. The Morgan fingerprint density at radius 3 is 1.38 bits per heavy atom. The van der Waals surface area contributed by atoms with Gasteiger partial charge < -0.3 is 9.31 Å². The van der Waals surface area contributed by atoms with Gasteiger partial charge in [0.15, 0.2) is 0 Å². The van der Waals surface area contributed by atoms with Crippen LogP contribution < -0.4 is 9.31 Å². The van der Waals surface area contributed by atoms with E-state index in [2.05, 4.69) is 0 Å². The van der Waals surface area contributed by atoms with Crippen LogP contribution in [-0.4, -0.2) is 7.69 Å². The quantitative estimate of drug-likeness (QED) is 0.756. The van der Waals surface area contributed by atoms with E-state index < -0.39 is 0 Å². The number of halogens is 1. The average molecular weight is 233 g/mol. The Labute approximate surface area is 102 Å². The molecule has 0 fully saturated rings. The van der Waals surface area contributed by atoms with Gasteiger partial charge in [-0.2, -0.15) is 0 Å². The summed E-state index contributed by atoms with van der Waals surface area (Å²) in [6, 6.07) is 19.0. The van der Waals surface area contributed by atoms with Crippen LogP contribution in [-0.2, 0) is 0 Å². The maximum absolute atomic E-state index is 5.26. The first-order valence-corrected chi connectivity index (χ1v) is 4.70. The van der Waals surface area contributed by atoms with E-state index in [1.54, 1.807) is 0 Å². The topological polar surface area (TPSA) is 18.5 Å². The van der Waals surface area contributed by atoms with Gasteiger partial charge in [0.1, 0.15) is 11.5 Å². The summed E-state index contributed by atoms with van der Waals surface area (Å²) in [5, 5.41) is 0. The van der Waals surface area contributed by atoms with E-state index in [9.17, 15) is 0 Å². The van der Waals surface area contributed by atoms with Crippen molar-refractivity contribution in [1.82, 2.24) is 0 Å². The van der Waals surface area contributed by atoms with E-state index in [-0.39, 0.29) is 12.4 Å². The van der Waals surface area contributed by atoms with Crippen LogP contribution in [0.4, 0.5) is 0 Å². The third-order valence-electron chi connectivity index (χ3n) is 1.85. The van der Waals surface area contributed by atoms with Gasteiger partial charge in [-0.25, -0.2) is 0 Å². The monoisotopic (exact) mass is 233 g/mol. The highest BCUT2D eigenvalue weighted by atomic mass is 35.5. The molecule has 4 heteroatoms. The summed E-state index contributed by atoms with van der Waals surface area (Å²) in [6.07, 6.45) is 0. The van der Waals surface area contributed by atoms with Crippen LogP contribution in [0.3, 0.4) is 0 Å². The maximum Gasteiger partial charge on any atom is 0.658 e. The lowest BCUT2D eigenvalue weighted by molar-refractivity contribution is 0.459. The number of hydrogen-bond acceptors (Lipinski definition) is 2. The van der Waals surface area contributed by atoms with Crippen LogP contribution in [0.2, 0.25) is 0 Å². The third-order valence-corrected chi connectivity index (χ3v) is 1.85. The summed E-state index contributed by atoms with van der Waals surface area (Å²) < 4.78 is 10.5. The van der Waals surface area contributed by atoms with Gasteiger partial charge in [0.2, 0.25) is 0 Å². The molecule has 1 radical (unpaired) electrons. The molecule has 0 aliphatic carbocycles. The second-order valence-corrected chi connectivity index (χ2v) is 2.96. The zero-order chi connectivity index (χ0) is 10.3. The first-order valence-electron chi connectivity index (χ1n) is 4.70. The van der Waals surface area contributed by atoms with E-state index >= 15 is 0 Å².